The molecular weight excluding hydrogens is 455 g/mol. The summed E-state index contributed by atoms with van der Waals surface area (Å²) in [6.45, 7) is 4.02. The predicted octanol–water partition coefficient (Wildman–Crippen LogP) is 5.00. The van der Waals surface area contributed by atoms with E-state index < -0.39 is 5.82 Å². The van der Waals surface area contributed by atoms with Crippen molar-refractivity contribution in [2.45, 2.75) is 6.92 Å². The van der Waals surface area contributed by atoms with Crippen LogP contribution in [0, 0.1) is 5.82 Å². The molecule has 1 N–H and O–H groups in total. The van der Waals surface area contributed by atoms with Gasteiger partial charge in [0.1, 0.15) is 11.5 Å². The van der Waals surface area contributed by atoms with Gasteiger partial charge in [0, 0.05) is 59.5 Å². The second-order valence-corrected chi connectivity index (χ2v) is 8.95. The fourth-order valence-corrected chi connectivity index (χ4v) is 4.37. The summed E-state index contributed by atoms with van der Waals surface area (Å²) in [5.41, 5.74) is 4.65. The topological polar surface area (TPSA) is 78.0 Å². The molecule has 0 aliphatic carbocycles. The van der Waals surface area contributed by atoms with Crippen LogP contribution in [0.5, 0.6) is 0 Å². The van der Waals surface area contributed by atoms with Gasteiger partial charge in [-0.15, -0.1) is 0 Å². The molecule has 4 aromatic heterocycles. The van der Waals surface area contributed by atoms with Crippen molar-refractivity contribution in [3.05, 3.63) is 78.6 Å². The smallest absolute Gasteiger partial charge is 0.253 e. The second kappa shape index (κ2) is 9.83. The van der Waals surface area contributed by atoms with Crippen molar-refractivity contribution in [3.63, 3.8) is 0 Å². The summed E-state index contributed by atoms with van der Waals surface area (Å²) in [6, 6.07) is 12.8. The number of H-pyrrole nitrogens is 1. The molecule has 0 aliphatic rings. The van der Waals surface area contributed by atoms with Gasteiger partial charge in [-0.1, -0.05) is 12.1 Å². The molecule has 1 amide bonds. The molecule has 0 atom stereocenters. The molecule has 1 aromatic carbocycles. The van der Waals surface area contributed by atoms with Crippen molar-refractivity contribution in [3.8, 4) is 22.4 Å². The van der Waals surface area contributed by atoms with Gasteiger partial charge in [0.15, 0.2) is 0 Å². The van der Waals surface area contributed by atoms with Crippen molar-refractivity contribution in [1.29, 1.82) is 0 Å². The molecule has 0 spiro atoms. The molecule has 36 heavy (non-hydrogen) atoms. The zero-order chi connectivity index (χ0) is 25.2. The van der Waals surface area contributed by atoms with Crippen LogP contribution in [0.25, 0.3) is 44.3 Å². The number of hydrogen-bond acceptors (Lipinski definition) is 5. The van der Waals surface area contributed by atoms with Crippen LogP contribution in [-0.4, -0.2) is 69.4 Å². The number of aromatic nitrogens is 4. The molecular formula is C28H27FN6O. The van der Waals surface area contributed by atoms with E-state index in [1.54, 1.807) is 42.9 Å². The number of fused-ring (bicyclic) bond motifs is 3. The van der Waals surface area contributed by atoms with Crippen LogP contribution < -0.4 is 0 Å². The van der Waals surface area contributed by atoms with Gasteiger partial charge in [-0.3, -0.25) is 14.8 Å². The molecule has 182 valence electrons. The average molecular weight is 483 g/mol. The first-order valence-corrected chi connectivity index (χ1v) is 11.9. The number of benzene rings is 1. The maximum absolute atomic E-state index is 15.3. The Balaban J connectivity index is 1.56. The van der Waals surface area contributed by atoms with Crippen LogP contribution in [0.4, 0.5) is 4.39 Å². The molecule has 0 saturated carbocycles. The van der Waals surface area contributed by atoms with Crippen LogP contribution in [0.3, 0.4) is 0 Å². The van der Waals surface area contributed by atoms with Crippen LogP contribution in [0.2, 0.25) is 0 Å². The molecule has 0 fully saturated rings. The van der Waals surface area contributed by atoms with E-state index in [4.69, 9.17) is 0 Å². The zero-order valence-electron chi connectivity index (χ0n) is 20.5. The Kier molecular flexibility index (Phi) is 6.43. The highest BCUT2D eigenvalue weighted by Gasteiger charge is 2.19. The molecule has 7 nitrogen and oxygen atoms in total. The first-order chi connectivity index (χ1) is 17.5. The molecule has 0 bridgehead atoms. The maximum atomic E-state index is 15.3. The number of amides is 1. The minimum atomic E-state index is -0.427. The summed E-state index contributed by atoms with van der Waals surface area (Å²) in [6.07, 6.45) is 6.41. The number of carbonyl (C=O) groups excluding carboxylic acids is 1. The van der Waals surface area contributed by atoms with E-state index in [0.717, 1.165) is 28.7 Å². The van der Waals surface area contributed by atoms with Gasteiger partial charge < -0.3 is 14.8 Å². The lowest BCUT2D eigenvalue weighted by molar-refractivity contribution is 0.0754. The summed E-state index contributed by atoms with van der Waals surface area (Å²) in [4.78, 5) is 33.1. The Morgan fingerprint density at radius 2 is 1.81 bits per heavy atom. The minimum absolute atomic E-state index is 0.0365. The molecule has 5 aromatic rings. The van der Waals surface area contributed by atoms with Crippen molar-refractivity contribution in [1.82, 2.24) is 29.7 Å². The van der Waals surface area contributed by atoms with Gasteiger partial charge in [-0.2, -0.15) is 0 Å². The maximum Gasteiger partial charge on any atom is 0.253 e. The highest BCUT2D eigenvalue weighted by Crippen LogP contribution is 2.36. The van der Waals surface area contributed by atoms with E-state index in [2.05, 4.69) is 19.9 Å². The zero-order valence-corrected chi connectivity index (χ0v) is 20.5. The lowest BCUT2D eigenvalue weighted by atomic mass is 9.99. The molecule has 0 aliphatic heterocycles. The summed E-state index contributed by atoms with van der Waals surface area (Å²) >= 11 is 0. The first-order valence-electron chi connectivity index (χ1n) is 11.9. The van der Waals surface area contributed by atoms with E-state index in [0.29, 0.717) is 40.8 Å². The molecule has 5 rings (SSSR count). The fourth-order valence-electron chi connectivity index (χ4n) is 4.37. The molecule has 4 heterocycles. The Labute approximate surface area is 208 Å². The van der Waals surface area contributed by atoms with Crippen molar-refractivity contribution < 1.29 is 9.18 Å². The Morgan fingerprint density at radius 1 is 1.00 bits per heavy atom. The molecule has 0 unspecified atom stereocenters. The number of hydrogen-bond donors (Lipinski definition) is 1. The van der Waals surface area contributed by atoms with Gasteiger partial charge in [-0.25, -0.2) is 9.37 Å². The van der Waals surface area contributed by atoms with Gasteiger partial charge >= 0.3 is 0 Å². The number of rotatable bonds is 7. The Hall–Kier alpha value is -4.17. The van der Waals surface area contributed by atoms with Crippen molar-refractivity contribution in [2.75, 3.05) is 33.7 Å². The number of halogens is 1. The van der Waals surface area contributed by atoms with E-state index in [9.17, 15) is 4.79 Å². The highest BCUT2D eigenvalue weighted by atomic mass is 19.1. The van der Waals surface area contributed by atoms with Crippen molar-refractivity contribution in [2.24, 2.45) is 0 Å². The first kappa shape index (κ1) is 23.6. The molecule has 8 heteroatoms. The van der Waals surface area contributed by atoms with Crippen LogP contribution >= 0.6 is 0 Å². The van der Waals surface area contributed by atoms with Gasteiger partial charge in [-0.05, 0) is 56.9 Å². The van der Waals surface area contributed by atoms with Gasteiger partial charge in [0.05, 0.1) is 23.6 Å². The average Bonchev–Trinajstić information content (AvgIpc) is 3.27. The predicted molar refractivity (Wildman–Crippen MR) is 140 cm³/mol. The third-order valence-electron chi connectivity index (χ3n) is 6.32. The summed E-state index contributed by atoms with van der Waals surface area (Å²) in [5, 5.41) is 1.50. The van der Waals surface area contributed by atoms with E-state index in [1.807, 2.05) is 49.0 Å². The number of nitrogens with zero attached hydrogens (tertiary/aromatic N) is 5. The van der Waals surface area contributed by atoms with E-state index >= 15 is 4.39 Å². The fraction of sp³-hybridized carbons (Fsp3) is 0.214. The van der Waals surface area contributed by atoms with Crippen LogP contribution in [0.15, 0.2) is 67.3 Å². The van der Waals surface area contributed by atoms with Crippen LogP contribution in [0.1, 0.15) is 17.3 Å². The quantitative estimate of drug-likeness (QED) is 0.353. The third kappa shape index (κ3) is 4.43. The highest BCUT2D eigenvalue weighted by molar-refractivity contribution is 6.13. The minimum Gasteiger partial charge on any atom is -0.338 e. The van der Waals surface area contributed by atoms with Crippen LogP contribution in [-0.2, 0) is 0 Å². The monoisotopic (exact) mass is 482 g/mol. The largest absolute Gasteiger partial charge is 0.338 e. The van der Waals surface area contributed by atoms with E-state index in [1.165, 1.54) is 6.20 Å². The summed E-state index contributed by atoms with van der Waals surface area (Å²) in [5.74, 6) is -0.464. The summed E-state index contributed by atoms with van der Waals surface area (Å²) in [7, 11) is 3.97. The lowest BCUT2D eigenvalue weighted by Gasteiger charge is -2.23. The Bertz CT molecular complexity index is 1530. The van der Waals surface area contributed by atoms with E-state index in [-0.39, 0.29) is 5.91 Å². The standard InChI is InChI=1S/C28H27FN6O/c1-4-35(13-12-34(2)3)28(36)19-9-7-18(8-10-19)25-22(29)16-32-27-26(25)21-14-23(31-17-24(21)33-27)20-6-5-11-30-15-20/h5-11,14-17H,4,12-13H2,1-3H3,(H,32,33). The third-order valence-corrected chi connectivity index (χ3v) is 6.32. The lowest BCUT2D eigenvalue weighted by Crippen LogP contribution is -2.36. The SMILES string of the molecule is CCN(CCN(C)C)C(=O)c1ccc(-c2c(F)cnc3[nH]c4cnc(-c5cccnc5)cc4c23)cc1. The number of pyridine rings is 3. The number of carbonyl (C=O) groups is 1. The Morgan fingerprint density at radius 3 is 2.50 bits per heavy atom. The normalized spacial score (nSPS) is 11.5. The van der Waals surface area contributed by atoms with Crippen molar-refractivity contribution >= 4 is 27.8 Å². The number of nitrogens with one attached hydrogen (secondary N) is 1. The molecule has 0 saturated heterocycles. The van der Waals surface area contributed by atoms with Gasteiger partial charge in [0.25, 0.3) is 5.91 Å². The second-order valence-electron chi connectivity index (χ2n) is 8.95. The number of aromatic amines is 1. The number of likely N-dealkylation sites (N-methyl/N-ethyl adjacent to an activating group) is 2. The molecule has 0 radical (unpaired) electrons. The summed E-state index contributed by atoms with van der Waals surface area (Å²) < 4.78 is 15.3. The van der Waals surface area contributed by atoms with Gasteiger partial charge in [0.2, 0.25) is 0 Å².